The minimum atomic E-state index is -1.40. The Balaban J connectivity index is 1.74. The molecule has 3 rings (SSSR count). The summed E-state index contributed by atoms with van der Waals surface area (Å²) in [5.41, 5.74) is 1.67. The summed E-state index contributed by atoms with van der Waals surface area (Å²) >= 11 is 0. The number of fused-ring (bicyclic) bond motifs is 1. The number of hydrogen-bond donors (Lipinski definition) is 5. The van der Waals surface area contributed by atoms with Gasteiger partial charge in [-0.25, -0.2) is 4.79 Å². The SMILES string of the molecule is CC(=O)N[C@@H](Cc1ccccc1)C(=O)N[C@H](C(=O)N[C@H](C(=O)Nc1ccc2c(C)cc(=O)oc2c1)C(C)C)[C@@H](C)O. The van der Waals surface area contributed by atoms with Gasteiger partial charge in [-0.3, -0.25) is 19.2 Å². The minimum Gasteiger partial charge on any atom is -0.423 e. The predicted molar refractivity (Wildman–Crippen MR) is 154 cm³/mol. The van der Waals surface area contributed by atoms with Crippen molar-refractivity contribution in [3.05, 3.63) is 76.1 Å². The molecule has 0 aliphatic heterocycles. The number of hydrogen-bond acceptors (Lipinski definition) is 7. The number of aryl methyl sites for hydroxylation is 1. The highest BCUT2D eigenvalue weighted by molar-refractivity contribution is 6.00. The first-order valence-electron chi connectivity index (χ1n) is 13.3. The van der Waals surface area contributed by atoms with Gasteiger partial charge in [-0.2, -0.15) is 0 Å². The quantitative estimate of drug-likeness (QED) is 0.221. The van der Waals surface area contributed by atoms with Gasteiger partial charge < -0.3 is 30.8 Å². The van der Waals surface area contributed by atoms with E-state index in [9.17, 15) is 29.1 Å². The topological polar surface area (TPSA) is 167 Å². The van der Waals surface area contributed by atoms with Crippen LogP contribution in [0.15, 0.2) is 63.8 Å². The summed E-state index contributed by atoms with van der Waals surface area (Å²) in [6, 6.07) is 11.9. The van der Waals surface area contributed by atoms with Gasteiger partial charge in [0.1, 0.15) is 23.7 Å². The normalized spacial score (nSPS) is 14.0. The molecule has 0 aliphatic rings. The van der Waals surface area contributed by atoms with Crippen LogP contribution in [0.3, 0.4) is 0 Å². The lowest BCUT2D eigenvalue weighted by molar-refractivity contribution is -0.135. The average Bonchev–Trinajstić information content (AvgIpc) is 2.89. The van der Waals surface area contributed by atoms with E-state index in [1.54, 1.807) is 57.2 Å². The van der Waals surface area contributed by atoms with E-state index in [1.807, 2.05) is 6.07 Å². The van der Waals surface area contributed by atoms with E-state index in [2.05, 4.69) is 21.3 Å². The zero-order valence-corrected chi connectivity index (χ0v) is 23.7. The van der Waals surface area contributed by atoms with Crippen molar-refractivity contribution < 1.29 is 28.7 Å². The lowest BCUT2D eigenvalue weighted by Crippen LogP contribution is -2.60. The van der Waals surface area contributed by atoms with Gasteiger partial charge in [-0.05, 0) is 43.0 Å². The number of rotatable bonds is 11. The second-order valence-electron chi connectivity index (χ2n) is 10.3. The molecule has 11 nitrogen and oxygen atoms in total. The van der Waals surface area contributed by atoms with Gasteiger partial charge in [-0.1, -0.05) is 44.2 Å². The predicted octanol–water partition coefficient (Wildman–Crippen LogP) is 1.79. The number of anilines is 1. The third-order valence-electron chi connectivity index (χ3n) is 6.51. The molecule has 11 heteroatoms. The van der Waals surface area contributed by atoms with Crippen molar-refractivity contribution in [1.29, 1.82) is 0 Å². The van der Waals surface area contributed by atoms with E-state index in [0.717, 1.165) is 16.5 Å². The Morgan fingerprint density at radius 2 is 1.51 bits per heavy atom. The molecule has 5 N–H and O–H groups in total. The highest BCUT2D eigenvalue weighted by Crippen LogP contribution is 2.21. The van der Waals surface area contributed by atoms with Crippen LogP contribution < -0.4 is 26.9 Å². The fraction of sp³-hybridized carbons (Fsp3) is 0.367. The fourth-order valence-electron chi connectivity index (χ4n) is 4.36. The van der Waals surface area contributed by atoms with E-state index in [-0.39, 0.29) is 12.3 Å². The molecule has 4 atom stereocenters. The van der Waals surface area contributed by atoms with Gasteiger partial charge in [0.15, 0.2) is 0 Å². The van der Waals surface area contributed by atoms with E-state index in [0.29, 0.717) is 11.3 Å². The van der Waals surface area contributed by atoms with E-state index in [1.165, 1.54) is 26.0 Å². The van der Waals surface area contributed by atoms with E-state index in [4.69, 9.17) is 4.42 Å². The maximum Gasteiger partial charge on any atom is 0.336 e. The fourth-order valence-corrected chi connectivity index (χ4v) is 4.36. The number of amides is 4. The molecule has 0 bridgehead atoms. The first-order valence-corrected chi connectivity index (χ1v) is 13.3. The Kier molecular flexibility index (Phi) is 10.4. The molecule has 0 fully saturated rings. The van der Waals surface area contributed by atoms with Crippen molar-refractivity contribution in [3.8, 4) is 0 Å². The molecule has 2 aromatic carbocycles. The third kappa shape index (κ3) is 8.49. The van der Waals surface area contributed by atoms with Crippen molar-refractivity contribution in [2.24, 2.45) is 5.92 Å². The molecule has 0 spiro atoms. The lowest BCUT2D eigenvalue weighted by Gasteiger charge is -2.28. The maximum atomic E-state index is 13.2. The first-order chi connectivity index (χ1) is 19.3. The van der Waals surface area contributed by atoms with Gasteiger partial charge in [0.25, 0.3) is 0 Å². The van der Waals surface area contributed by atoms with Crippen molar-refractivity contribution in [2.75, 3.05) is 5.32 Å². The largest absolute Gasteiger partial charge is 0.423 e. The van der Waals surface area contributed by atoms with E-state index >= 15 is 0 Å². The van der Waals surface area contributed by atoms with Gasteiger partial charge in [0.05, 0.1) is 6.10 Å². The van der Waals surface area contributed by atoms with Gasteiger partial charge in [-0.15, -0.1) is 0 Å². The number of carbonyl (C=O) groups excluding carboxylic acids is 4. The van der Waals surface area contributed by atoms with Crippen LogP contribution in [0.4, 0.5) is 5.69 Å². The number of nitrogens with one attached hydrogen (secondary N) is 4. The average molecular weight is 565 g/mol. The minimum absolute atomic E-state index is 0.169. The van der Waals surface area contributed by atoms with Crippen LogP contribution in [0.25, 0.3) is 11.0 Å². The summed E-state index contributed by atoms with van der Waals surface area (Å²) in [6.45, 7) is 7.86. The zero-order valence-electron chi connectivity index (χ0n) is 23.7. The van der Waals surface area contributed by atoms with Crippen LogP contribution in [0.5, 0.6) is 0 Å². The molecule has 0 saturated heterocycles. The Hall–Kier alpha value is -4.51. The Bertz CT molecular complexity index is 1470. The van der Waals surface area contributed by atoms with Crippen LogP contribution in [0.1, 0.15) is 38.8 Å². The van der Waals surface area contributed by atoms with Gasteiger partial charge >= 0.3 is 5.63 Å². The van der Waals surface area contributed by atoms with Gasteiger partial charge in [0, 0.05) is 36.6 Å². The Morgan fingerprint density at radius 1 is 0.854 bits per heavy atom. The number of aliphatic hydroxyl groups excluding tert-OH is 1. The zero-order chi connectivity index (χ0) is 30.3. The van der Waals surface area contributed by atoms with Crippen LogP contribution in [0, 0.1) is 12.8 Å². The van der Waals surface area contributed by atoms with Crippen molar-refractivity contribution in [3.63, 3.8) is 0 Å². The molecule has 0 radical (unpaired) electrons. The second-order valence-corrected chi connectivity index (χ2v) is 10.3. The third-order valence-corrected chi connectivity index (χ3v) is 6.51. The molecular weight excluding hydrogens is 528 g/mol. The second kappa shape index (κ2) is 13.7. The van der Waals surface area contributed by atoms with E-state index < -0.39 is 53.5 Å². The standard InChI is InChI=1S/C30H36N4O7/c1-16(2)26(29(39)32-21-11-12-22-17(3)13-25(37)41-24(22)15-21)33-30(40)27(18(4)35)34-28(38)23(31-19(5)36)14-20-9-7-6-8-10-20/h6-13,15-16,18,23,26-27,35H,14H2,1-5H3,(H,31,36)(H,32,39)(H,33,40)(H,34,38)/t18-,23+,26+,27+/m1/s1. The summed E-state index contributed by atoms with van der Waals surface area (Å²) < 4.78 is 5.24. The Morgan fingerprint density at radius 3 is 2.12 bits per heavy atom. The molecular formula is C30H36N4O7. The van der Waals surface area contributed by atoms with Crippen LogP contribution >= 0.6 is 0 Å². The lowest BCUT2D eigenvalue weighted by atomic mass is 10.0. The Labute approximate surface area is 237 Å². The molecule has 0 saturated carbocycles. The summed E-state index contributed by atoms with van der Waals surface area (Å²) in [4.78, 5) is 63.1. The van der Waals surface area contributed by atoms with Crippen molar-refractivity contribution >= 4 is 40.3 Å². The monoisotopic (exact) mass is 564 g/mol. The number of carbonyl (C=O) groups is 4. The first kappa shape index (κ1) is 31.0. The highest BCUT2D eigenvalue weighted by atomic mass is 16.4. The van der Waals surface area contributed by atoms with Crippen LogP contribution in [0.2, 0.25) is 0 Å². The van der Waals surface area contributed by atoms with Crippen LogP contribution in [-0.2, 0) is 25.6 Å². The molecule has 3 aromatic rings. The molecule has 0 unspecified atom stereocenters. The molecule has 0 aliphatic carbocycles. The van der Waals surface area contributed by atoms with Crippen molar-refractivity contribution in [1.82, 2.24) is 16.0 Å². The number of aliphatic hydroxyl groups is 1. The van der Waals surface area contributed by atoms with Crippen molar-refractivity contribution in [2.45, 2.75) is 65.3 Å². The summed E-state index contributed by atoms with van der Waals surface area (Å²) in [5, 5.41) is 21.5. The maximum absolute atomic E-state index is 13.2. The molecule has 41 heavy (non-hydrogen) atoms. The summed E-state index contributed by atoms with van der Waals surface area (Å²) in [5.74, 6) is -2.78. The van der Waals surface area contributed by atoms with Gasteiger partial charge in [0.2, 0.25) is 23.6 Å². The molecule has 1 heterocycles. The molecule has 4 amide bonds. The summed E-state index contributed by atoms with van der Waals surface area (Å²) in [7, 11) is 0. The molecule has 1 aromatic heterocycles. The summed E-state index contributed by atoms with van der Waals surface area (Å²) in [6.07, 6.45) is -1.14. The number of benzene rings is 2. The highest BCUT2D eigenvalue weighted by Gasteiger charge is 2.33. The smallest absolute Gasteiger partial charge is 0.336 e. The van der Waals surface area contributed by atoms with Crippen LogP contribution in [-0.4, -0.2) is 53.0 Å². The molecule has 218 valence electrons.